The average molecular weight is 247 g/mol. The van der Waals surface area contributed by atoms with Crippen LogP contribution in [0.3, 0.4) is 0 Å². The Morgan fingerprint density at radius 2 is 2.00 bits per heavy atom. The van der Waals surface area contributed by atoms with Crippen molar-refractivity contribution in [2.24, 2.45) is 0 Å². The fourth-order valence-corrected chi connectivity index (χ4v) is 2.36. The molecule has 0 saturated carbocycles. The van der Waals surface area contributed by atoms with Crippen LogP contribution in [0.2, 0.25) is 0 Å². The van der Waals surface area contributed by atoms with Crippen molar-refractivity contribution in [3.05, 3.63) is 29.6 Å². The van der Waals surface area contributed by atoms with E-state index in [-0.39, 0.29) is 5.91 Å². The Balaban J connectivity index is 1.97. The summed E-state index contributed by atoms with van der Waals surface area (Å²) in [4.78, 5) is 20.6. The highest BCUT2D eigenvalue weighted by Crippen LogP contribution is 2.16. The maximum absolute atomic E-state index is 12.3. The van der Waals surface area contributed by atoms with Crippen molar-refractivity contribution in [1.82, 2.24) is 14.8 Å². The summed E-state index contributed by atoms with van der Waals surface area (Å²) in [5, 5.41) is 0. The largest absolute Gasteiger partial charge is 0.338 e. The van der Waals surface area contributed by atoms with Crippen LogP contribution in [-0.4, -0.2) is 53.9 Å². The van der Waals surface area contributed by atoms with Crippen LogP contribution in [0.1, 0.15) is 28.9 Å². The molecule has 1 aromatic rings. The topological polar surface area (TPSA) is 36.4 Å². The highest BCUT2D eigenvalue weighted by molar-refractivity contribution is 5.93. The fourth-order valence-electron chi connectivity index (χ4n) is 2.36. The van der Waals surface area contributed by atoms with Crippen LogP contribution in [0.15, 0.2) is 18.3 Å². The quantitative estimate of drug-likeness (QED) is 0.795. The van der Waals surface area contributed by atoms with Gasteiger partial charge in [0.15, 0.2) is 0 Å². The number of nitrogens with zero attached hydrogens (tertiary/aromatic N) is 3. The smallest absolute Gasteiger partial charge is 0.255 e. The summed E-state index contributed by atoms with van der Waals surface area (Å²) in [7, 11) is 4.21. The molecule has 1 aliphatic rings. The molecule has 0 bridgehead atoms. The Kier molecular flexibility index (Phi) is 3.97. The van der Waals surface area contributed by atoms with Gasteiger partial charge in [-0.3, -0.25) is 9.78 Å². The summed E-state index contributed by atoms with van der Waals surface area (Å²) in [5.41, 5.74) is 1.64. The van der Waals surface area contributed by atoms with Gasteiger partial charge in [0.05, 0.1) is 5.56 Å². The highest BCUT2D eigenvalue weighted by Gasteiger charge is 2.24. The summed E-state index contributed by atoms with van der Waals surface area (Å²) in [6.07, 6.45) is 3.78. The van der Waals surface area contributed by atoms with Gasteiger partial charge in [-0.05, 0) is 46.0 Å². The molecule has 0 aromatic carbocycles. The monoisotopic (exact) mass is 247 g/mol. The molecule has 0 unspecified atom stereocenters. The molecule has 1 aromatic heterocycles. The molecule has 0 atom stereocenters. The van der Waals surface area contributed by atoms with Crippen LogP contribution in [0, 0.1) is 6.92 Å². The van der Waals surface area contributed by atoms with Crippen LogP contribution < -0.4 is 0 Å². The Labute approximate surface area is 109 Å². The SMILES string of the molecule is Cc1ccc(C(=O)N2CCC(N(C)C)CC2)cn1. The fraction of sp³-hybridized carbons (Fsp3) is 0.571. The van der Waals surface area contributed by atoms with Gasteiger partial charge < -0.3 is 9.80 Å². The van der Waals surface area contributed by atoms with E-state index in [1.165, 1.54) is 0 Å². The van der Waals surface area contributed by atoms with Crippen LogP contribution in [0.25, 0.3) is 0 Å². The molecular weight excluding hydrogens is 226 g/mol. The summed E-state index contributed by atoms with van der Waals surface area (Å²) in [6, 6.07) is 4.35. The normalized spacial score (nSPS) is 17.2. The molecule has 0 radical (unpaired) electrons. The summed E-state index contributed by atoms with van der Waals surface area (Å²) >= 11 is 0. The van der Waals surface area contributed by atoms with Gasteiger partial charge in [-0.25, -0.2) is 0 Å². The van der Waals surface area contributed by atoms with Crippen LogP contribution in [-0.2, 0) is 0 Å². The van der Waals surface area contributed by atoms with Crippen molar-refractivity contribution in [3.8, 4) is 0 Å². The van der Waals surface area contributed by atoms with Crippen molar-refractivity contribution in [2.45, 2.75) is 25.8 Å². The number of aryl methyl sites for hydroxylation is 1. The zero-order valence-electron chi connectivity index (χ0n) is 11.4. The standard InChI is InChI=1S/C14H21N3O/c1-11-4-5-12(10-15-11)14(18)17-8-6-13(7-9-17)16(2)3/h4-5,10,13H,6-9H2,1-3H3. The molecular formula is C14H21N3O. The van der Waals surface area contributed by atoms with Gasteiger partial charge in [0.1, 0.15) is 0 Å². The molecule has 0 N–H and O–H groups in total. The molecule has 18 heavy (non-hydrogen) atoms. The van der Waals surface area contributed by atoms with Crippen LogP contribution >= 0.6 is 0 Å². The Hall–Kier alpha value is -1.42. The Bertz CT molecular complexity index is 406. The molecule has 1 aliphatic heterocycles. The molecule has 1 fully saturated rings. The van der Waals surface area contributed by atoms with Crippen molar-refractivity contribution in [2.75, 3.05) is 27.2 Å². The number of piperidine rings is 1. The lowest BCUT2D eigenvalue weighted by Crippen LogP contribution is -2.44. The molecule has 1 saturated heterocycles. The van der Waals surface area contributed by atoms with E-state index < -0.39 is 0 Å². The second-order valence-corrected chi connectivity index (χ2v) is 5.18. The maximum atomic E-state index is 12.3. The van der Waals surface area contributed by atoms with Gasteiger partial charge in [-0.2, -0.15) is 0 Å². The summed E-state index contributed by atoms with van der Waals surface area (Å²) in [5.74, 6) is 0.111. The Morgan fingerprint density at radius 3 is 2.50 bits per heavy atom. The molecule has 2 rings (SSSR count). The number of rotatable bonds is 2. The third kappa shape index (κ3) is 2.88. The Morgan fingerprint density at radius 1 is 1.33 bits per heavy atom. The third-order valence-electron chi connectivity index (χ3n) is 3.64. The maximum Gasteiger partial charge on any atom is 0.255 e. The van der Waals surface area contributed by atoms with E-state index in [9.17, 15) is 4.79 Å². The van der Waals surface area contributed by atoms with E-state index >= 15 is 0 Å². The molecule has 0 aliphatic carbocycles. The number of carbonyl (C=O) groups is 1. The molecule has 98 valence electrons. The highest BCUT2D eigenvalue weighted by atomic mass is 16.2. The van der Waals surface area contributed by atoms with Gasteiger partial charge in [-0.1, -0.05) is 0 Å². The molecule has 4 nitrogen and oxygen atoms in total. The second-order valence-electron chi connectivity index (χ2n) is 5.18. The van der Waals surface area contributed by atoms with E-state index in [2.05, 4.69) is 24.0 Å². The van der Waals surface area contributed by atoms with Gasteiger partial charge in [-0.15, -0.1) is 0 Å². The number of pyridine rings is 1. The zero-order valence-corrected chi connectivity index (χ0v) is 11.4. The van der Waals surface area contributed by atoms with E-state index in [0.717, 1.165) is 31.6 Å². The van der Waals surface area contributed by atoms with Gasteiger partial charge >= 0.3 is 0 Å². The molecule has 2 heterocycles. The predicted octanol–water partition coefficient (Wildman–Crippen LogP) is 1.56. The molecule has 4 heteroatoms. The van der Waals surface area contributed by atoms with Crippen molar-refractivity contribution in [3.63, 3.8) is 0 Å². The van der Waals surface area contributed by atoms with Crippen molar-refractivity contribution < 1.29 is 4.79 Å². The first-order valence-corrected chi connectivity index (χ1v) is 6.46. The van der Waals surface area contributed by atoms with Crippen LogP contribution in [0.5, 0.6) is 0 Å². The second kappa shape index (κ2) is 5.48. The number of likely N-dealkylation sites (tertiary alicyclic amines) is 1. The first kappa shape index (κ1) is 13.0. The van der Waals surface area contributed by atoms with E-state index in [1.807, 2.05) is 24.0 Å². The summed E-state index contributed by atoms with van der Waals surface area (Å²) in [6.45, 7) is 3.61. The average Bonchev–Trinajstić information content (AvgIpc) is 2.39. The number of hydrogen-bond donors (Lipinski definition) is 0. The van der Waals surface area contributed by atoms with Crippen LogP contribution in [0.4, 0.5) is 0 Å². The lowest BCUT2D eigenvalue weighted by atomic mass is 10.0. The lowest BCUT2D eigenvalue weighted by molar-refractivity contribution is 0.0663. The lowest BCUT2D eigenvalue weighted by Gasteiger charge is -2.35. The molecule has 1 amide bonds. The van der Waals surface area contributed by atoms with Gasteiger partial charge in [0.2, 0.25) is 0 Å². The minimum atomic E-state index is 0.111. The third-order valence-corrected chi connectivity index (χ3v) is 3.64. The van der Waals surface area contributed by atoms with Gasteiger partial charge in [0.25, 0.3) is 5.91 Å². The van der Waals surface area contributed by atoms with Gasteiger partial charge in [0, 0.05) is 31.0 Å². The first-order valence-electron chi connectivity index (χ1n) is 6.46. The van der Waals surface area contributed by atoms with Crippen molar-refractivity contribution >= 4 is 5.91 Å². The number of amides is 1. The zero-order chi connectivity index (χ0) is 13.1. The first-order chi connectivity index (χ1) is 8.58. The van der Waals surface area contributed by atoms with E-state index in [4.69, 9.17) is 0 Å². The van der Waals surface area contributed by atoms with Crippen molar-refractivity contribution in [1.29, 1.82) is 0 Å². The number of hydrogen-bond acceptors (Lipinski definition) is 3. The summed E-state index contributed by atoms with van der Waals surface area (Å²) < 4.78 is 0. The minimum Gasteiger partial charge on any atom is -0.338 e. The van der Waals surface area contributed by atoms with E-state index in [0.29, 0.717) is 11.6 Å². The predicted molar refractivity (Wildman–Crippen MR) is 71.6 cm³/mol. The molecule has 0 spiro atoms. The number of carbonyl (C=O) groups excluding carboxylic acids is 1. The number of aromatic nitrogens is 1. The van der Waals surface area contributed by atoms with E-state index in [1.54, 1.807) is 6.20 Å². The minimum absolute atomic E-state index is 0.111.